The highest BCUT2D eigenvalue weighted by atomic mass is 16.3. The molecule has 0 bridgehead atoms. The van der Waals surface area contributed by atoms with E-state index in [1.165, 1.54) is 18.7 Å². The van der Waals surface area contributed by atoms with E-state index in [-0.39, 0.29) is 6.17 Å². The summed E-state index contributed by atoms with van der Waals surface area (Å²) in [5.41, 5.74) is 18.0. The number of benzene rings is 9. The van der Waals surface area contributed by atoms with Crippen LogP contribution in [0, 0.1) is 27.7 Å². The number of para-hydroxylation sites is 6. The monoisotopic (exact) mass is 1410 g/mol. The van der Waals surface area contributed by atoms with Crippen molar-refractivity contribution in [2.75, 3.05) is 46.2 Å². The minimum atomic E-state index is -2.51. The minimum absolute atomic E-state index is 0.0603. The highest BCUT2D eigenvalue weighted by Gasteiger charge is 2.42. The molecule has 16 aromatic rings. The van der Waals surface area contributed by atoms with Crippen molar-refractivity contribution in [1.82, 2.24) is 15.0 Å². The van der Waals surface area contributed by atoms with Crippen LogP contribution in [0.4, 0.5) is 68.6 Å². The summed E-state index contributed by atoms with van der Waals surface area (Å²) in [5.74, 6) is 2.11. The molecule has 6 atom stereocenters. The molecule has 0 radical (unpaired) electrons. The van der Waals surface area contributed by atoms with Crippen molar-refractivity contribution >= 4 is 156 Å². The zero-order valence-electron chi connectivity index (χ0n) is 73.2. The molecule has 0 aliphatic carbocycles. The van der Waals surface area contributed by atoms with Crippen molar-refractivity contribution < 1.29 is 34.1 Å². The second kappa shape index (κ2) is 26.3. The molecule has 7 aromatic heterocycles. The van der Waals surface area contributed by atoms with Gasteiger partial charge in [0.05, 0.1) is 55.3 Å². The van der Waals surface area contributed by atoms with E-state index in [0.29, 0.717) is 23.0 Å². The average Bonchev–Trinajstić information content (AvgIpc) is 1.57. The molecule has 4 aliphatic heterocycles. The van der Waals surface area contributed by atoms with E-state index >= 15 is 0 Å². The Bertz CT molecular complexity index is 6230. The first kappa shape index (κ1) is 54.6. The second-order valence-electron chi connectivity index (χ2n) is 28.0. The van der Waals surface area contributed by atoms with E-state index in [1.807, 2.05) is 217 Å². The van der Waals surface area contributed by atoms with Gasteiger partial charge in [0.2, 0.25) is 0 Å². The van der Waals surface area contributed by atoms with Gasteiger partial charge < -0.3 is 56.9 Å². The van der Waals surface area contributed by atoms with Crippen LogP contribution in [-0.2, 0) is 0 Å². The fourth-order valence-corrected chi connectivity index (χ4v) is 16.6. The van der Waals surface area contributed by atoms with Gasteiger partial charge in [0.25, 0.3) is 0 Å². The molecule has 6 unspecified atom stereocenters. The van der Waals surface area contributed by atoms with Crippen LogP contribution in [0.3, 0.4) is 0 Å². The Kier molecular flexibility index (Phi) is 13.6. The van der Waals surface area contributed by atoms with Crippen LogP contribution in [0.15, 0.2) is 243 Å². The van der Waals surface area contributed by atoms with E-state index in [2.05, 4.69) is 81.0 Å². The lowest BCUT2D eigenvalue weighted by Crippen LogP contribution is -2.42. The van der Waals surface area contributed by atoms with Crippen LogP contribution in [-0.4, -0.2) is 64.6 Å². The summed E-state index contributed by atoms with van der Waals surface area (Å²) in [6.07, 6.45) is 3.85. The summed E-state index contributed by atoms with van der Waals surface area (Å²) in [4.78, 5) is 29.0. The van der Waals surface area contributed by atoms with Gasteiger partial charge in [0.15, 0.2) is 39.8 Å². The maximum Gasteiger partial charge on any atom is 0.159 e. The van der Waals surface area contributed by atoms with Gasteiger partial charge in [-0.1, -0.05) is 133 Å². The van der Waals surface area contributed by atoms with Crippen LogP contribution in [0.25, 0.3) is 87.8 Å². The summed E-state index contributed by atoms with van der Waals surface area (Å²) in [5, 5.41) is 8.34. The first-order valence-corrected chi connectivity index (χ1v) is 35.9. The van der Waals surface area contributed by atoms with E-state index in [9.17, 15) is 0 Å². The Morgan fingerprint density at radius 3 is 0.972 bits per heavy atom. The summed E-state index contributed by atoms with van der Waals surface area (Å²) in [6.45, 7) is 15.5. The fraction of sp³-hybridized carbons (Fsp3) is 0.242. The summed E-state index contributed by atoms with van der Waals surface area (Å²) in [7, 11) is 0. The molecule has 0 spiro atoms. The van der Waals surface area contributed by atoms with Gasteiger partial charge in [-0.3, -0.25) is 0 Å². The molecule has 0 fully saturated rings. The zero-order chi connectivity index (χ0) is 83.5. The second-order valence-corrected chi connectivity index (χ2v) is 28.0. The van der Waals surface area contributed by atoms with Crippen molar-refractivity contribution in [3.63, 3.8) is 0 Å². The van der Waals surface area contributed by atoms with Gasteiger partial charge in [-0.15, -0.1) is 0 Å². The Balaban J connectivity index is 0.000000113. The predicted molar refractivity (Wildman–Crippen MR) is 441 cm³/mol. The number of nitrogens with zero attached hydrogens (tertiary/aromatic N) is 11. The number of anilines is 12. The molecule has 9 aromatic carbocycles. The van der Waals surface area contributed by atoms with Crippen molar-refractivity contribution in [1.29, 1.82) is 0 Å². The number of hydrogen-bond donors (Lipinski definition) is 0. The van der Waals surface area contributed by atoms with E-state index in [4.69, 9.17) is 39.1 Å². The maximum atomic E-state index is 8.81. The maximum absolute atomic E-state index is 8.81. The van der Waals surface area contributed by atoms with Crippen LogP contribution < -0.4 is 39.2 Å². The number of aromatic nitrogens is 3. The van der Waals surface area contributed by atoms with Gasteiger partial charge >= 0.3 is 0 Å². The molecular weight excluding hydrogens is 1310 g/mol. The molecule has 0 saturated heterocycles. The van der Waals surface area contributed by atoms with Gasteiger partial charge in [0, 0.05) is 99.0 Å². The zero-order valence-corrected chi connectivity index (χ0v) is 61.2. The molecule has 0 saturated carbocycles. The average molecular weight is 1410 g/mol. The molecule has 4 aliphatic rings. The minimum Gasteiger partial charge on any atom is -0.454 e. The molecule has 0 amide bonds. The van der Waals surface area contributed by atoms with Crippen molar-refractivity contribution in [2.24, 2.45) is 0 Å². The molecule has 15 heteroatoms. The largest absolute Gasteiger partial charge is 0.454 e. The summed E-state index contributed by atoms with van der Waals surface area (Å²) >= 11 is 0. The third kappa shape index (κ3) is 10.6. The lowest BCUT2D eigenvalue weighted by atomic mass is 10.1. The number of pyridine rings is 3. The first-order valence-electron chi connectivity index (χ1n) is 41.9. The smallest absolute Gasteiger partial charge is 0.159 e. The van der Waals surface area contributed by atoms with E-state index in [1.54, 1.807) is 40.4 Å². The predicted octanol–water partition coefficient (Wildman–Crippen LogP) is 23.8. The Labute approximate surface area is 635 Å². The molecular formula is C91H89N11O4. The number of aryl methyl sites for hydroxylation is 4. The third-order valence-electron chi connectivity index (χ3n) is 21.2. The van der Waals surface area contributed by atoms with Crippen LogP contribution in [0.1, 0.15) is 108 Å². The number of rotatable bonds is 7. The standard InChI is InChI=1S/C24H24N2O.2C23H23N3O.C21H19N3O/c1-15(2)25-17(4)26(21-11-7-6-10-20(21)25)23-16(3)13-14-19-18-9-5-8-12-22(18)27-24(19)23;2*1-14(2)25-16(4)26(23-19(25)9-7-13-24-23)21-15(3)11-12-18-17-8-5-6-10-20(17)27-22(18)21;1-13-10-11-16-15-7-4-5-9-18(15)25-20(16)19(13)24-14(2)23(3)17-8-6-12-22-21(17)24/h5-15,17H,1-4H3;2*5-14,16H,1-4H3;4-12,14H,1-3H3/i1D3,15D;1D3,14D;14D;3D3. The Morgan fingerprint density at radius 1 is 0.311 bits per heavy atom. The van der Waals surface area contributed by atoms with Gasteiger partial charge in [-0.25, -0.2) is 15.0 Å². The normalized spacial score (nSPS) is 20.0. The summed E-state index contributed by atoms with van der Waals surface area (Å²) in [6, 6.07) is 62.9. The molecule has 106 heavy (non-hydrogen) atoms. The Hall–Kier alpha value is -12.0. The number of hydrogen-bond acceptors (Lipinski definition) is 15. The Morgan fingerprint density at radius 2 is 0.604 bits per heavy atom. The third-order valence-corrected chi connectivity index (χ3v) is 21.2. The highest BCUT2D eigenvalue weighted by molar-refractivity contribution is 6.14. The molecule has 11 heterocycles. The number of furan rings is 4. The number of fused-ring (bicyclic) bond motifs is 16. The SMILES string of the molecule is [2H]C(C)(C)N1c2cccnc2N(c2c(C)ccc3c2oc2ccccc23)C1C.[2H]C([2H])([2H])C([2H])(C)N1c2ccccc2N(c2c(C)ccc3c2oc2ccccc23)C1C.[2H]C([2H])([2H])C([2H])(C)N1c2cccnc2N(c2c(C)ccc3c2oc2ccccc23)C1C.[2H]C([2H])([2H])N1c2cccnc2N(c2c(C)ccc3c2oc2ccccc23)C1C. The van der Waals surface area contributed by atoms with Gasteiger partial charge in [-0.2, -0.15) is 0 Å². The molecule has 15 nitrogen and oxygen atoms in total. The lowest BCUT2D eigenvalue weighted by Gasteiger charge is -2.33. The highest BCUT2D eigenvalue weighted by Crippen LogP contribution is 2.53. The topological polar surface area (TPSA) is 117 Å². The van der Waals surface area contributed by atoms with Gasteiger partial charge in [0.1, 0.15) is 47.0 Å². The van der Waals surface area contributed by atoms with Crippen molar-refractivity contribution in [2.45, 2.75) is 140 Å². The van der Waals surface area contributed by atoms with Crippen LogP contribution >= 0.6 is 0 Å². The van der Waals surface area contributed by atoms with E-state index < -0.39 is 57.2 Å². The first-order chi connectivity index (χ1) is 56.0. The van der Waals surface area contributed by atoms with Crippen LogP contribution in [0.5, 0.6) is 0 Å². The molecule has 20 rings (SSSR count). The van der Waals surface area contributed by atoms with E-state index in [0.717, 1.165) is 156 Å². The summed E-state index contributed by atoms with van der Waals surface area (Å²) < 4.78 is 124. The quantitative estimate of drug-likeness (QED) is 0.151. The van der Waals surface area contributed by atoms with Crippen molar-refractivity contribution in [3.05, 3.63) is 247 Å². The van der Waals surface area contributed by atoms with Crippen LogP contribution in [0.2, 0.25) is 0 Å². The molecule has 0 N–H and O–H groups in total. The lowest BCUT2D eigenvalue weighted by molar-refractivity contribution is 0.602. The molecule has 532 valence electrons. The van der Waals surface area contributed by atoms with Gasteiger partial charge in [-0.05, 0) is 192 Å². The fourth-order valence-electron chi connectivity index (χ4n) is 16.6. The van der Waals surface area contributed by atoms with Crippen molar-refractivity contribution in [3.8, 4) is 0 Å².